The van der Waals surface area contributed by atoms with Crippen LogP contribution in [0, 0.1) is 0 Å². The van der Waals surface area contributed by atoms with Crippen LogP contribution >= 0.6 is 14.7 Å². The largest absolute Gasteiger partial charge is 2.00 e. The van der Waals surface area contributed by atoms with E-state index in [2.05, 4.69) is 0 Å². The van der Waals surface area contributed by atoms with Gasteiger partial charge in [0.1, 0.15) is 0 Å². The Hall–Kier alpha value is -0.669. The van der Waals surface area contributed by atoms with Crippen molar-refractivity contribution >= 4 is 86.2 Å². The van der Waals surface area contributed by atoms with Gasteiger partial charge in [-0.25, -0.2) is 0 Å². The zero-order valence-corrected chi connectivity index (χ0v) is 21.8. The van der Waals surface area contributed by atoms with E-state index in [0.717, 1.165) is 0 Å². The maximum Gasteiger partial charge on any atom is 2.00 e. The fraction of sp³-hybridized carbons (Fsp3) is 0.222. The Balaban J connectivity index is 0.000000523. The van der Waals surface area contributed by atoms with Gasteiger partial charge in [-0.2, -0.15) is 0 Å². The standard InChI is InChI=1S/2C9H11O4P.Ba/c2*10-9(11)6-7-14(12,13)8-4-2-1-3-5-8;/h2*1-5H,6-7H2,(H,10,11)(H,12,13);/q;;+2/p-2. The summed E-state index contributed by atoms with van der Waals surface area (Å²) in [5.74, 6) is -2.20. The van der Waals surface area contributed by atoms with Gasteiger partial charge < -0.3 is 29.1 Å². The van der Waals surface area contributed by atoms with Crippen molar-refractivity contribution in [3.8, 4) is 0 Å². The molecular weight excluding hydrogens is 543 g/mol. The van der Waals surface area contributed by atoms with Gasteiger partial charge in [-0.3, -0.25) is 9.59 Å². The molecule has 0 heterocycles. The average Bonchev–Trinajstić information content (AvgIpc) is 2.67. The van der Waals surface area contributed by atoms with Crippen LogP contribution < -0.4 is 20.4 Å². The van der Waals surface area contributed by atoms with Crippen molar-refractivity contribution in [2.45, 2.75) is 12.8 Å². The third kappa shape index (κ3) is 11.3. The molecule has 0 aliphatic carbocycles. The van der Waals surface area contributed by atoms with Crippen LogP contribution in [0.2, 0.25) is 0 Å². The van der Waals surface area contributed by atoms with Crippen molar-refractivity contribution in [3.63, 3.8) is 0 Å². The molecule has 2 unspecified atom stereocenters. The molecule has 29 heavy (non-hydrogen) atoms. The molecule has 0 spiro atoms. The van der Waals surface area contributed by atoms with Gasteiger partial charge in [0.2, 0.25) is 0 Å². The van der Waals surface area contributed by atoms with Crippen molar-refractivity contribution in [2.24, 2.45) is 0 Å². The monoisotopic (exact) mass is 564 g/mol. The first-order valence-electron chi connectivity index (χ1n) is 8.19. The SMILES string of the molecule is O=C(O)CCP(=O)([O-])c1ccccc1.O=C(O)CCP(=O)([O-])c1ccccc1.[Ba+2]. The predicted octanol–water partition coefficient (Wildman–Crippen LogP) is 0.469. The third-order valence-corrected chi connectivity index (χ3v) is 7.33. The maximum absolute atomic E-state index is 11.5. The second-order valence-corrected chi connectivity index (χ2v) is 10.4. The summed E-state index contributed by atoms with van der Waals surface area (Å²) >= 11 is 0. The second-order valence-electron chi connectivity index (χ2n) is 5.75. The molecule has 2 aromatic rings. The number of carbonyl (C=O) groups is 2. The van der Waals surface area contributed by atoms with E-state index < -0.39 is 26.7 Å². The number of carboxylic acid groups (broad SMARTS) is 2. The second kappa shape index (κ2) is 13.6. The van der Waals surface area contributed by atoms with Crippen molar-refractivity contribution in [3.05, 3.63) is 60.7 Å². The van der Waals surface area contributed by atoms with Crippen molar-refractivity contribution in [1.29, 1.82) is 0 Å². The van der Waals surface area contributed by atoms with Crippen LogP contribution in [0.5, 0.6) is 0 Å². The van der Waals surface area contributed by atoms with Crippen LogP contribution in [0.1, 0.15) is 12.8 Å². The van der Waals surface area contributed by atoms with Gasteiger partial charge in [0.15, 0.2) is 0 Å². The molecule has 2 aromatic carbocycles. The Morgan fingerprint density at radius 1 is 0.690 bits per heavy atom. The molecule has 0 aromatic heterocycles. The molecular formula is C18H20BaO8P2. The van der Waals surface area contributed by atoms with Crippen LogP contribution in [0.3, 0.4) is 0 Å². The van der Waals surface area contributed by atoms with E-state index >= 15 is 0 Å². The minimum atomic E-state index is -3.73. The van der Waals surface area contributed by atoms with Crippen molar-refractivity contribution in [1.82, 2.24) is 0 Å². The van der Waals surface area contributed by atoms with Crippen LogP contribution in [-0.2, 0) is 18.7 Å². The van der Waals surface area contributed by atoms with Crippen LogP contribution in [0.15, 0.2) is 60.7 Å². The molecule has 152 valence electrons. The number of hydrogen-bond acceptors (Lipinski definition) is 6. The maximum atomic E-state index is 11.5. The third-order valence-electron chi connectivity index (χ3n) is 3.54. The van der Waals surface area contributed by atoms with E-state index in [1.165, 1.54) is 24.3 Å². The normalized spacial score (nSPS) is 14.1. The smallest absolute Gasteiger partial charge is 0.796 e. The number of carboxylic acids is 2. The van der Waals surface area contributed by atoms with E-state index in [-0.39, 0.29) is 84.7 Å². The molecule has 0 saturated heterocycles. The van der Waals surface area contributed by atoms with Gasteiger partial charge in [0, 0.05) is 27.1 Å². The van der Waals surface area contributed by atoms with Crippen LogP contribution in [0.25, 0.3) is 0 Å². The number of hydrogen-bond donors (Lipinski definition) is 2. The average molecular weight is 564 g/mol. The first-order valence-corrected chi connectivity index (χ1v) is 11.8. The van der Waals surface area contributed by atoms with E-state index in [0.29, 0.717) is 0 Å². The van der Waals surface area contributed by atoms with E-state index in [9.17, 15) is 28.5 Å². The summed E-state index contributed by atoms with van der Waals surface area (Å²) in [5, 5.41) is 17.1. The fourth-order valence-corrected chi connectivity index (χ4v) is 4.79. The molecule has 0 radical (unpaired) electrons. The molecule has 0 fully saturated rings. The Bertz CT molecular complexity index is 800. The molecule has 2 N–H and O–H groups in total. The Morgan fingerprint density at radius 2 is 0.966 bits per heavy atom. The first kappa shape index (κ1) is 28.3. The van der Waals surface area contributed by atoms with Gasteiger partial charge in [0.25, 0.3) is 0 Å². The zero-order valence-electron chi connectivity index (χ0n) is 15.5. The quantitative estimate of drug-likeness (QED) is 0.347. The summed E-state index contributed by atoms with van der Waals surface area (Å²) in [6.07, 6.45) is -1.36. The molecule has 0 amide bonds. The summed E-state index contributed by atoms with van der Waals surface area (Å²) in [5.41, 5.74) is 0. The Kier molecular flexibility index (Phi) is 13.3. The first-order chi connectivity index (χ1) is 13.0. The summed E-state index contributed by atoms with van der Waals surface area (Å²) in [4.78, 5) is 43.4. The van der Waals surface area contributed by atoms with E-state index in [1.54, 1.807) is 36.4 Å². The predicted molar refractivity (Wildman–Crippen MR) is 107 cm³/mol. The molecule has 0 bridgehead atoms. The van der Waals surface area contributed by atoms with Crippen molar-refractivity contribution < 1.29 is 38.7 Å². The molecule has 2 atom stereocenters. The van der Waals surface area contributed by atoms with Crippen LogP contribution in [-0.4, -0.2) is 83.4 Å². The molecule has 8 nitrogen and oxygen atoms in total. The minimum absolute atomic E-state index is 0. The number of benzene rings is 2. The molecule has 0 aliphatic rings. The summed E-state index contributed by atoms with van der Waals surface area (Å²) in [6.45, 7) is 0. The van der Waals surface area contributed by atoms with Gasteiger partial charge in [-0.1, -0.05) is 60.7 Å². The van der Waals surface area contributed by atoms with E-state index in [4.69, 9.17) is 10.2 Å². The van der Waals surface area contributed by atoms with E-state index in [1.807, 2.05) is 0 Å². The van der Waals surface area contributed by atoms with Gasteiger partial charge in [0.05, 0.1) is 12.8 Å². The fourth-order valence-electron chi connectivity index (χ4n) is 2.05. The minimum Gasteiger partial charge on any atom is -0.796 e. The summed E-state index contributed by atoms with van der Waals surface area (Å²) in [7, 11) is -7.46. The van der Waals surface area contributed by atoms with Gasteiger partial charge in [-0.15, -0.1) is 0 Å². The van der Waals surface area contributed by atoms with Crippen LogP contribution in [0.4, 0.5) is 0 Å². The Morgan fingerprint density at radius 3 is 1.21 bits per heavy atom. The number of rotatable bonds is 8. The topological polar surface area (TPSA) is 155 Å². The summed E-state index contributed by atoms with van der Waals surface area (Å²) < 4.78 is 23.0. The molecule has 0 aliphatic heterocycles. The molecule has 0 saturated carbocycles. The van der Waals surface area contributed by atoms with Gasteiger partial charge >= 0.3 is 60.8 Å². The molecule has 11 heteroatoms. The van der Waals surface area contributed by atoms with Crippen molar-refractivity contribution in [2.75, 3.05) is 12.3 Å². The number of aliphatic carboxylic acids is 2. The van der Waals surface area contributed by atoms with Gasteiger partial charge in [-0.05, 0) is 10.6 Å². The molecule has 2 rings (SSSR count). The summed E-state index contributed by atoms with van der Waals surface area (Å²) in [6, 6.07) is 15.7. The zero-order chi connectivity index (χ0) is 21.2. The Labute approximate surface area is 209 Å².